The highest BCUT2D eigenvalue weighted by molar-refractivity contribution is 7.91. The number of nitrogens with one attached hydrogen (secondary N) is 2. The molecule has 2 fully saturated rings. The topological polar surface area (TPSA) is 113 Å². The summed E-state index contributed by atoms with van der Waals surface area (Å²) in [5, 5.41) is 5.13. The minimum absolute atomic E-state index is 0.0574. The van der Waals surface area contributed by atoms with Crippen molar-refractivity contribution in [1.29, 1.82) is 0 Å². The zero-order valence-electron chi connectivity index (χ0n) is 13.5. The fraction of sp³-hybridized carbons (Fsp3) is 0.438. The number of rotatable bonds is 5. The monoisotopic (exact) mass is 365 g/mol. The van der Waals surface area contributed by atoms with Gasteiger partial charge in [0, 0.05) is 6.04 Å². The number of carbonyl (C=O) groups is 3. The molecule has 0 aliphatic carbocycles. The lowest BCUT2D eigenvalue weighted by atomic mass is 10.1. The van der Waals surface area contributed by atoms with Crippen LogP contribution in [-0.2, 0) is 26.0 Å². The molecule has 0 bridgehead atoms. The molecular weight excluding hydrogens is 346 g/mol. The van der Waals surface area contributed by atoms with E-state index in [2.05, 4.69) is 10.6 Å². The van der Waals surface area contributed by atoms with Crippen molar-refractivity contribution >= 4 is 27.7 Å². The van der Waals surface area contributed by atoms with Gasteiger partial charge in [0.1, 0.15) is 6.04 Å². The summed E-state index contributed by atoms with van der Waals surface area (Å²) in [4.78, 5) is 37.5. The molecular formula is C16H19N3O5S. The highest BCUT2D eigenvalue weighted by atomic mass is 32.2. The molecule has 4 amide bonds. The average Bonchev–Trinajstić information content (AvgIpc) is 3.02. The maximum Gasteiger partial charge on any atom is 0.325 e. The van der Waals surface area contributed by atoms with Crippen molar-refractivity contribution in [2.24, 2.45) is 0 Å². The highest BCUT2D eigenvalue weighted by Gasteiger charge is 2.39. The molecule has 134 valence electrons. The van der Waals surface area contributed by atoms with Crippen molar-refractivity contribution in [3.63, 3.8) is 0 Å². The molecule has 1 aromatic rings. The van der Waals surface area contributed by atoms with Gasteiger partial charge in [-0.05, 0) is 12.0 Å². The molecule has 3 rings (SSSR count). The predicted molar refractivity (Wildman–Crippen MR) is 89.1 cm³/mol. The van der Waals surface area contributed by atoms with Gasteiger partial charge >= 0.3 is 6.03 Å². The van der Waals surface area contributed by atoms with Crippen LogP contribution in [0.15, 0.2) is 30.3 Å². The minimum Gasteiger partial charge on any atom is -0.352 e. The smallest absolute Gasteiger partial charge is 0.325 e. The van der Waals surface area contributed by atoms with Gasteiger partial charge in [0.15, 0.2) is 9.84 Å². The van der Waals surface area contributed by atoms with Gasteiger partial charge in [-0.15, -0.1) is 0 Å². The summed E-state index contributed by atoms with van der Waals surface area (Å²) < 4.78 is 22.8. The Balaban J connectivity index is 1.56. The number of sulfone groups is 1. The molecule has 2 heterocycles. The van der Waals surface area contributed by atoms with Crippen molar-refractivity contribution in [2.75, 3.05) is 11.5 Å². The first-order chi connectivity index (χ1) is 11.8. The number of benzene rings is 1. The number of amides is 4. The van der Waals surface area contributed by atoms with Crippen LogP contribution in [0, 0.1) is 0 Å². The molecule has 2 aliphatic rings. The number of nitrogens with zero attached hydrogens (tertiary/aromatic N) is 1. The van der Waals surface area contributed by atoms with Crippen LogP contribution in [0.4, 0.5) is 4.79 Å². The summed E-state index contributed by atoms with van der Waals surface area (Å²) >= 11 is 0. The SMILES string of the molecule is O=C(C[C@@H]1NC(=O)N(Cc2ccccc2)C1=O)N[C@H]1CCS(=O)(=O)C1. The third-order valence-electron chi connectivity index (χ3n) is 4.28. The second-order valence-electron chi connectivity index (χ2n) is 6.28. The molecule has 0 radical (unpaired) electrons. The van der Waals surface area contributed by atoms with Crippen molar-refractivity contribution < 1.29 is 22.8 Å². The first-order valence-electron chi connectivity index (χ1n) is 8.00. The lowest BCUT2D eigenvalue weighted by molar-refractivity contribution is -0.131. The number of hydrogen-bond donors (Lipinski definition) is 2. The Morgan fingerprint density at radius 2 is 1.96 bits per heavy atom. The quantitative estimate of drug-likeness (QED) is 0.702. The van der Waals surface area contributed by atoms with Gasteiger partial charge < -0.3 is 10.6 Å². The Hall–Kier alpha value is -2.42. The van der Waals surface area contributed by atoms with Crippen LogP contribution in [-0.4, -0.2) is 54.8 Å². The Labute approximate surface area is 145 Å². The Morgan fingerprint density at radius 1 is 1.24 bits per heavy atom. The van der Waals surface area contributed by atoms with Crippen LogP contribution < -0.4 is 10.6 Å². The van der Waals surface area contributed by atoms with Gasteiger partial charge in [0.2, 0.25) is 5.91 Å². The van der Waals surface area contributed by atoms with E-state index in [1.807, 2.05) is 18.2 Å². The summed E-state index contributed by atoms with van der Waals surface area (Å²) in [6.07, 6.45) is 0.172. The molecule has 2 aliphatic heterocycles. The molecule has 0 spiro atoms. The zero-order chi connectivity index (χ0) is 18.0. The lowest BCUT2D eigenvalue weighted by Crippen LogP contribution is -2.41. The fourth-order valence-electron chi connectivity index (χ4n) is 3.01. The van der Waals surface area contributed by atoms with E-state index in [-0.39, 0.29) is 24.5 Å². The summed E-state index contributed by atoms with van der Waals surface area (Å²) in [5.74, 6) is -0.920. The van der Waals surface area contributed by atoms with Crippen LogP contribution in [0.2, 0.25) is 0 Å². The molecule has 25 heavy (non-hydrogen) atoms. The van der Waals surface area contributed by atoms with Gasteiger partial charge in [-0.3, -0.25) is 14.5 Å². The maximum absolute atomic E-state index is 12.4. The van der Waals surface area contributed by atoms with Crippen LogP contribution >= 0.6 is 0 Å². The van der Waals surface area contributed by atoms with E-state index < -0.39 is 39.8 Å². The molecule has 0 unspecified atom stereocenters. The minimum atomic E-state index is -3.09. The van der Waals surface area contributed by atoms with Crippen LogP contribution in [0.1, 0.15) is 18.4 Å². The Kier molecular flexibility index (Phi) is 4.76. The van der Waals surface area contributed by atoms with Crippen molar-refractivity contribution in [3.05, 3.63) is 35.9 Å². The first kappa shape index (κ1) is 17.4. The molecule has 8 nitrogen and oxygen atoms in total. The van der Waals surface area contributed by atoms with Gasteiger partial charge in [-0.25, -0.2) is 13.2 Å². The zero-order valence-corrected chi connectivity index (χ0v) is 14.3. The second kappa shape index (κ2) is 6.83. The average molecular weight is 365 g/mol. The van der Waals surface area contributed by atoms with Crippen molar-refractivity contribution in [2.45, 2.75) is 31.5 Å². The van der Waals surface area contributed by atoms with Crippen molar-refractivity contribution in [1.82, 2.24) is 15.5 Å². The molecule has 9 heteroatoms. The van der Waals surface area contributed by atoms with E-state index in [0.717, 1.165) is 10.5 Å². The van der Waals surface area contributed by atoms with Crippen molar-refractivity contribution in [3.8, 4) is 0 Å². The van der Waals surface area contributed by atoms with E-state index in [0.29, 0.717) is 6.42 Å². The summed E-state index contributed by atoms with van der Waals surface area (Å²) in [5.41, 5.74) is 0.812. The predicted octanol–water partition coefficient (Wildman–Crippen LogP) is -0.200. The van der Waals surface area contributed by atoms with Gasteiger partial charge in [0.05, 0.1) is 24.5 Å². The molecule has 2 N–H and O–H groups in total. The van der Waals surface area contributed by atoms with Gasteiger partial charge in [-0.1, -0.05) is 30.3 Å². The second-order valence-corrected chi connectivity index (χ2v) is 8.51. The first-order valence-corrected chi connectivity index (χ1v) is 9.82. The molecule has 0 aromatic heterocycles. The third kappa shape index (κ3) is 4.16. The molecule has 1 aromatic carbocycles. The van der Waals surface area contributed by atoms with Crippen LogP contribution in [0.3, 0.4) is 0 Å². The largest absolute Gasteiger partial charge is 0.352 e. The van der Waals surface area contributed by atoms with E-state index in [1.165, 1.54) is 0 Å². The third-order valence-corrected chi connectivity index (χ3v) is 6.05. The van der Waals surface area contributed by atoms with E-state index in [1.54, 1.807) is 12.1 Å². The summed E-state index contributed by atoms with van der Waals surface area (Å²) in [7, 11) is -3.09. The number of urea groups is 1. The Bertz CT molecular complexity index is 793. The molecule has 0 saturated carbocycles. The van der Waals surface area contributed by atoms with Crippen LogP contribution in [0.25, 0.3) is 0 Å². The summed E-state index contributed by atoms with van der Waals surface area (Å²) in [6, 6.07) is 7.20. The fourth-order valence-corrected chi connectivity index (χ4v) is 4.69. The molecule has 2 atom stereocenters. The van der Waals surface area contributed by atoms with Gasteiger partial charge in [-0.2, -0.15) is 0 Å². The highest BCUT2D eigenvalue weighted by Crippen LogP contribution is 2.15. The maximum atomic E-state index is 12.4. The number of imide groups is 1. The standard InChI is InChI=1S/C16H19N3O5S/c20-14(17-12-6-7-25(23,24)10-12)8-13-15(21)19(16(22)18-13)9-11-4-2-1-3-5-11/h1-5,12-13H,6-10H2,(H,17,20)(H,18,22)/t12-,13-/m0/s1. The number of hydrogen-bond acceptors (Lipinski definition) is 5. The van der Waals surface area contributed by atoms with Gasteiger partial charge in [0.25, 0.3) is 5.91 Å². The number of carbonyl (C=O) groups excluding carboxylic acids is 3. The Morgan fingerprint density at radius 3 is 2.60 bits per heavy atom. The summed E-state index contributed by atoms with van der Waals surface area (Å²) in [6.45, 7) is 0.143. The normalized spacial score (nSPS) is 25.0. The lowest BCUT2D eigenvalue weighted by Gasteiger charge is -2.14. The van der Waals surface area contributed by atoms with E-state index >= 15 is 0 Å². The van der Waals surface area contributed by atoms with E-state index in [4.69, 9.17) is 0 Å². The van der Waals surface area contributed by atoms with E-state index in [9.17, 15) is 22.8 Å². The van der Waals surface area contributed by atoms with Crippen LogP contribution in [0.5, 0.6) is 0 Å². The molecule has 2 saturated heterocycles.